The number of nitrogens with zero attached hydrogens (tertiary/aromatic N) is 4. The predicted molar refractivity (Wildman–Crippen MR) is 141 cm³/mol. The second kappa shape index (κ2) is 10.2. The Balaban J connectivity index is 1.62. The molecular weight excluding hydrogens is 495 g/mol. The number of nitrogens with one attached hydrogen (secondary N) is 1. The van der Waals surface area contributed by atoms with E-state index in [-0.39, 0.29) is 11.7 Å². The first-order chi connectivity index (χ1) is 17.7. The molecule has 0 unspecified atom stereocenters. The van der Waals surface area contributed by atoms with Gasteiger partial charge in [-0.05, 0) is 82.4 Å². The highest BCUT2D eigenvalue weighted by molar-refractivity contribution is 5.92. The lowest BCUT2D eigenvalue weighted by molar-refractivity contribution is -0.138. The Bertz CT molecular complexity index is 1400. The fraction of sp³-hybridized carbons (Fsp3) is 0.429. The maximum atomic E-state index is 13.4. The van der Waals surface area contributed by atoms with E-state index in [2.05, 4.69) is 20.5 Å². The minimum Gasteiger partial charge on any atom is -0.444 e. The van der Waals surface area contributed by atoms with Crippen molar-refractivity contribution in [1.82, 2.24) is 20.1 Å². The third kappa shape index (κ3) is 5.89. The highest BCUT2D eigenvalue weighted by Crippen LogP contribution is 2.36. The molecule has 1 aliphatic heterocycles. The molecule has 202 valence electrons. The van der Waals surface area contributed by atoms with Crippen molar-refractivity contribution in [3.63, 3.8) is 0 Å². The number of aromatic nitrogens is 3. The number of alkyl halides is 3. The summed E-state index contributed by atoms with van der Waals surface area (Å²) in [6.45, 7) is 11.5. The lowest BCUT2D eigenvalue weighted by atomic mass is 9.97. The van der Waals surface area contributed by atoms with Gasteiger partial charge in [0.15, 0.2) is 5.82 Å². The maximum Gasteiger partial charge on any atom is 0.416 e. The largest absolute Gasteiger partial charge is 0.444 e. The van der Waals surface area contributed by atoms with Crippen LogP contribution in [-0.2, 0) is 10.9 Å². The van der Waals surface area contributed by atoms with Gasteiger partial charge < -0.3 is 15.0 Å². The fourth-order valence-corrected chi connectivity index (χ4v) is 4.58. The van der Waals surface area contributed by atoms with Crippen LogP contribution in [0.1, 0.15) is 68.1 Å². The smallest absolute Gasteiger partial charge is 0.416 e. The van der Waals surface area contributed by atoms with Gasteiger partial charge >= 0.3 is 12.3 Å². The summed E-state index contributed by atoms with van der Waals surface area (Å²) in [5, 5.41) is 12.5. The number of aryl methyl sites for hydroxylation is 1. The van der Waals surface area contributed by atoms with E-state index in [9.17, 15) is 18.0 Å². The van der Waals surface area contributed by atoms with Crippen LogP contribution in [-0.4, -0.2) is 44.9 Å². The molecule has 38 heavy (non-hydrogen) atoms. The zero-order valence-corrected chi connectivity index (χ0v) is 22.4. The van der Waals surface area contributed by atoms with Crippen molar-refractivity contribution in [2.75, 3.05) is 18.4 Å². The average molecular weight is 528 g/mol. The van der Waals surface area contributed by atoms with E-state index in [1.807, 2.05) is 39.8 Å². The van der Waals surface area contributed by atoms with Crippen molar-refractivity contribution in [2.24, 2.45) is 0 Å². The van der Waals surface area contributed by atoms with Crippen LogP contribution in [0, 0.1) is 13.8 Å². The molecule has 3 aromatic rings. The minimum absolute atomic E-state index is 0.171. The molecule has 0 radical (unpaired) electrons. The second-order valence-electron chi connectivity index (χ2n) is 10.5. The van der Waals surface area contributed by atoms with Gasteiger partial charge in [-0.1, -0.05) is 18.2 Å². The van der Waals surface area contributed by atoms with E-state index in [1.54, 1.807) is 24.1 Å². The van der Waals surface area contributed by atoms with E-state index in [0.29, 0.717) is 42.1 Å². The molecule has 0 aliphatic carbocycles. The lowest BCUT2D eigenvalue weighted by Gasteiger charge is -2.29. The van der Waals surface area contributed by atoms with Crippen LogP contribution in [0.15, 0.2) is 36.5 Å². The number of pyridine rings is 1. The Kier molecular flexibility index (Phi) is 7.36. The molecule has 10 heteroatoms. The molecule has 1 N–H and O–H groups in total. The molecule has 0 saturated carbocycles. The van der Waals surface area contributed by atoms with Crippen LogP contribution in [0.3, 0.4) is 0 Å². The third-order valence-corrected chi connectivity index (χ3v) is 6.52. The van der Waals surface area contributed by atoms with Crippen molar-refractivity contribution in [2.45, 2.75) is 65.8 Å². The number of benzene rings is 1. The first-order valence-electron chi connectivity index (χ1n) is 12.5. The molecule has 1 atom stereocenters. The number of rotatable bonds is 4. The van der Waals surface area contributed by atoms with E-state index < -0.39 is 23.4 Å². The summed E-state index contributed by atoms with van der Waals surface area (Å²) in [4.78, 5) is 18.7. The van der Waals surface area contributed by atoms with Gasteiger partial charge in [-0.25, -0.2) is 4.79 Å². The lowest BCUT2D eigenvalue weighted by Crippen LogP contribution is -2.39. The molecule has 1 aliphatic rings. The number of halogens is 3. The Hall–Kier alpha value is -3.69. The van der Waals surface area contributed by atoms with Gasteiger partial charge in [-0.15, -0.1) is 5.10 Å². The van der Waals surface area contributed by atoms with Crippen LogP contribution in [0.2, 0.25) is 0 Å². The van der Waals surface area contributed by atoms with Gasteiger partial charge in [0, 0.05) is 24.7 Å². The number of ether oxygens (including phenoxy) is 1. The Labute approximate surface area is 220 Å². The Morgan fingerprint density at radius 1 is 1.16 bits per heavy atom. The summed E-state index contributed by atoms with van der Waals surface area (Å²) < 4.78 is 45.8. The first kappa shape index (κ1) is 27.3. The van der Waals surface area contributed by atoms with Gasteiger partial charge in [0.1, 0.15) is 5.60 Å². The van der Waals surface area contributed by atoms with Gasteiger partial charge in [-0.3, -0.25) is 4.98 Å². The third-order valence-electron chi connectivity index (χ3n) is 6.52. The number of anilines is 1. The van der Waals surface area contributed by atoms with Crippen molar-refractivity contribution in [1.29, 1.82) is 0 Å². The zero-order chi connectivity index (χ0) is 27.8. The summed E-state index contributed by atoms with van der Waals surface area (Å²) in [5.74, 6) is 0.441. The van der Waals surface area contributed by atoms with Crippen molar-refractivity contribution in [3.8, 4) is 0 Å². The maximum absolute atomic E-state index is 13.4. The number of carbonyl (C=O) groups is 1. The van der Waals surface area contributed by atoms with Crippen molar-refractivity contribution < 1.29 is 22.7 Å². The number of amides is 1. The molecule has 3 heterocycles. The normalized spacial score (nSPS) is 15.3. The molecule has 2 aromatic heterocycles. The molecule has 4 rings (SSSR count). The summed E-state index contributed by atoms with van der Waals surface area (Å²) in [6, 6.07) is 5.69. The minimum atomic E-state index is -4.43. The molecule has 0 fully saturated rings. The SMILES string of the molecule is Cc1c([C@@H](C)Nc2nnc(C)c3ncc(C4=CCN(C(=O)OC(C)(C)C)CC4)cc23)cccc1C(F)(F)F. The Morgan fingerprint density at radius 3 is 2.53 bits per heavy atom. The molecule has 1 amide bonds. The summed E-state index contributed by atoms with van der Waals surface area (Å²) in [7, 11) is 0. The number of hydrogen-bond acceptors (Lipinski definition) is 6. The van der Waals surface area contributed by atoms with Gasteiger partial charge in [0.2, 0.25) is 0 Å². The van der Waals surface area contributed by atoms with Gasteiger partial charge in [0.05, 0.1) is 22.8 Å². The molecule has 0 spiro atoms. The van der Waals surface area contributed by atoms with E-state index in [1.165, 1.54) is 13.0 Å². The highest BCUT2D eigenvalue weighted by Gasteiger charge is 2.33. The van der Waals surface area contributed by atoms with E-state index in [4.69, 9.17) is 4.74 Å². The highest BCUT2D eigenvalue weighted by atomic mass is 19.4. The van der Waals surface area contributed by atoms with E-state index >= 15 is 0 Å². The zero-order valence-electron chi connectivity index (χ0n) is 22.4. The molecule has 1 aromatic carbocycles. The van der Waals surface area contributed by atoms with E-state index in [0.717, 1.165) is 22.6 Å². The Morgan fingerprint density at radius 2 is 1.89 bits per heavy atom. The predicted octanol–water partition coefficient (Wildman–Crippen LogP) is 6.86. The number of fused-ring (bicyclic) bond motifs is 1. The van der Waals surface area contributed by atoms with Crippen LogP contribution in [0.4, 0.5) is 23.8 Å². The van der Waals surface area contributed by atoms with Crippen LogP contribution < -0.4 is 5.32 Å². The molecule has 7 nitrogen and oxygen atoms in total. The molecule has 0 bridgehead atoms. The van der Waals surface area contributed by atoms with Crippen LogP contribution in [0.25, 0.3) is 16.5 Å². The first-order valence-corrected chi connectivity index (χ1v) is 12.5. The standard InChI is InChI=1S/C28H32F3N5O2/c1-16-21(8-7-9-23(16)28(29,30)31)17(2)33-25-22-14-20(15-32-24(22)18(3)34-35-25)19-10-12-36(13-11-19)26(37)38-27(4,5)6/h7-10,14-15,17H,11-13H2,1-6H3,(H,33,35)/t17-/m1/s1. The molecule has 0 saturated heterocycles. The van der Waals surface area contributed by atoms with Crippen molar-refractivity contribution >= 4 is 28.4 Å². The second-order valence-corrected chi connectivity index (χ2v) is 10.5. The number of carbonyl (C=O) groups excluding carboxylic acids is 1. The summed E-state index contributed by atoms with van der Waals surface area (Å²) >= 11 is 0. The van der Waals surface area contributed by atoms with Crippen molar-refractivity contribution in [3.05, 3.63) is 64.5 Å². The van der Waals surface area contributed by atoms with Gasteiger partial charge in [0.25, 0.3) is 0 Å². The van der Waals surface area contributed by atoms with Crippen LogP contribution >= 0.6 is 0 Å². The average Bonchev–Trinajstić information content (AvgIpc) is 2.84. The summed E-state index contributed by atoms with van der Waals surface area (Å²) in [6.07, 6.45) is -0.384. The fourth-order valence-electron chi connectivity index (χ4n) is 4.58. The summed E-state index contributed by atoms with van der Waals surface area (Å²) in [5.41, 5.74) is 2.72. The topological polar surface area (TPSA) is 80.2 Å². The molecular formula is C28H32F3N5O2. The van der Waals surface area contributed by atoms with Gasteiger partial charge in [-0.2, -0.15) is 18.3 Å². The monoisotopic (exact) mass is 527 g/mol. The quantitative estimate of drug-likeness (QED) is 0.399. The van der Waals surface area contributed by atoms with Crippen LogP contribution in [0.5, 0.6) is 0 Å². The number of hydrogen-bond donors (Lipinski definition) is 1.